The molecule has 1 fully saturated rings. The Kier molecular flexibility index (Phi) is 3.57. The van der Waals surface area contributed by atoms with Crippen molar-refractivity contribution in [2.24, 2.45) is 0 Å². The molecule has 1 aliphatic heterocycles. The highest BCUT2D eigenvalue weighted by atomic mass is 16.5. The molecule has 1 N–H and O–H groups in total. The fourth-order valence-corrected chi connectivity index (χ4v) is 2.43. The van der Waals surface area contributed by atoms with E-state index in [-0.39, 0.29) is 0 Å². The third-order valence-electron chi connectivity index (χ3n) is 3.54. The van der Waals surface area contributed by atoms with Crippen LogP contribution >= 0.6 is 0 Å². The Balaban J connectivity index is 1.66. The van der Waals surface area contributed by atoms with Gasteiger partial charge < -0.3 is 9.84 Å². The topological polar surface area (TPSA) is 54.2 Å². The predicted molar refractivity (Wildman–Crippen MR) is 72.5 cm³/mol. The highest BCUT2D eigenvalue weighted by molar-refractivity contribution is 5.53. The van der Waals surface area contributed by atoms with Crippen LogP contribution in [0.15, 0.2) is 34.9 Å². The maximum absolute atomic E-state index is 5.33. The van der Waals surface area contributed by atoms with Crippen LogP contribution in [0.3, 0.4) is 0 Å². The van der Waals surface area contributed by atoms with Crippen LogP contribution in [0, 0.1) is 0 Å². The normalized spacial score (nSPS) is 19.9. The fourth-order valence-electron chi connectivity index (χ4n) is 2.43. The third-order valence-corrected chi connectivity index (χ3v) is 3.54. The summed E-state index contributed by atoms with van der Waals surface area (Å²) in [6.07, 6.45) is 1.18. The van der Waals surface area contributed by atoms with E-state index in [1.807, 2.05) is 37.4 Å². The molecular formula is C14H18N4O. The molecule has 5 heteroatoms. The quantitative estimate of drug-likeness (QED) is 0.901. The second kappa shape index (κ2) is 5.50. The van der Waals surface area contributed by atoms with Crippen molar-refractivity contribution in [3.63, 3.8) is 0 Å². The summed E-state index contributed by atoms with van der Waals surface area (Å²) in [5, 5.41) is 7.34. The Labute approximate surface area is 112 Å². The van der Waals surface area contributed by atoms with E-state index in [1.54, 1.807) is 0 Å². The average Bonchev–Trinajstić information content (AvgIpc) is 3.09. The largest absolute Gasteiger partial charge is 0.338 e. The number of hydrogen-bond donors (Lipinski definition) is 1. The Morgan fingerprint density at radius 3 is 2.95 bits per heavy atom. The minimum atomic E-state index is 0.580. The molecule has 2 heterocycles. The molecule has 0 bridgehead atoms. The van der Waals surface area contributed by atoms with Gasteiger partial charge in [0.1, 0.15) is 0 Å². The zero-order valence-electron chi connectivity index (χ0n) is 11.0. The van der Waals surface area contributed by atoms with Gasteiger partial charge in [-0.3, -0.25) is 4.90 Å². The van der Waals surface area contributed by atoms with Crippen molar-refractivity contribution in [2.45, 2.75) is 19.0 Å². The maximum Gasteiger partial charge on any atom is 0.241 e. The number of likely N-dealkylation sites (N-methyl/N-ethyl adjacent to an activating group) is 1. The zero-order chi connectivity index (χ0) is 13.1. The molecule has 2 aromatic rings. The van der Waals surface area contributed by atoms with Crippen LogP contribution in [0.4, 0.5) is 0 Å². The van der Waals surface area contributed by atoms with Crippen molar-refractivity contribution in [2.75, 3.05) is 20.1 Å². The van der Waals surface area contributed by atoms with Gasteiger partial charge in [-0.15, -0.1) is 0 Å². The summed E-state index contributed by atoms with van der Waals surface area (Å²) >= 11 is 0. The van der Waals surface area contributed by atoms with E-state index in [0.29, 0.717) is 17.8 Å². The standard InChI is InChI=1S/C14H18N4O/c1-15-12-7-8-18(9-12)10-13-16-14(17-19-13)11-5-3-2-4-6-11/h2-6,12,15H,7-10H2,1H3. The minimum Gasteiger partial charge on any atom is -0.338 e. The molecule has 19 heavy (non-hydrogen) atoms. The highest BCUT2D eigenvalue weighted by Crippen LogP contribution is 2.17. The maximum atomic E-state index is 5.33. The number of nitrogens with one attached hydrogen (secondary N) is 1. The summed E-state index contributed by atoms with van der Waals surface area (Å²) in [4.78, 5) is 6.79. The van der Waals surface area contributed by atoms with Gasteiger partial charge in [-0.2, -0.15) is 4.98 Å². The summed E-state index contributed by atoms with van der Waals surface area (Å²) in [6.45, 7) is 2.85. The lowest BCUT2D eigenvalue weighted by Gasteiger charge is -2.12. The van der Waals surface area contributed by atoms with Crippen molar-refractivity contribution >= 4 is 0 Å². The first-order chi connectivity index (χ1) is 9.35. The molecule has 1 aliphatic rings. The molecular weight excluding hydrogens is 240 g/mol. The lowest BCUT2D eigenvalue weighted by Crippen LogP contribution is -2.29. The monoisotopic (exact) mass is 258 g/mol. The Hall–Kier alpha value is -1.72. The van der Waals surface area contributed by atoms with Crippen LogP contribution in [0.5, 0.6) is 0 Å². The van der Waals surface area contributed by atoms with E-state index in [4.69, 9.17) is 4.52 Å². The Morgan fingerprint density at radius 2 is 2.21 bits per heavy atom. The lowest BCUT2D eigenvalue weighted by atomic mass is 10.2. The first-order valence-electron chi connectivity index (χ1n) is 6.63. The number of benzene rings is 1. The first-order valence-corrected chi connectivity index (χ1v) is 6.63. The summed E-state index contributed by atoms with van der Waals surface area (Å²) < 4.78 is 5.33. The van der Waals surface area contributed by atoms with Crippen LogP contribution in [-0.4, -0.2) is 41.2 Å². The van der Waals surface area contributed by atoms with E-state index in [9.17, 15) is 0 Å². The molecule has 0 amide bonds. The molecule has 1 atom stereocenters. The van der Waals surface area contributed by atoms with Gasteiger partial charge in [-0.1, -0.05) is 35.5 Å². The molecule has 0 aliphatic carbocycles. The summed E-state index contributed by atoms with van der Waals surface area (Å²) in [6, 6.07) is 10.5. The van der Waals surface area contributed by atoms with Crippen LogP contribution in [0.2, 0.25) is 0 Å². The van der Waals surface area contributed by atoms with E-state index in [2.05, 4.69) is 20.4 Å². The van der Waals surface area contributed by atoms with Gasteiger partial charge in [0.15, 0.2) is 0 Å². The fraction of sp³-hybridized carbons (Fsp3) is 0.429. The lowest BCUT2D eigenvalue weighted by molar-refractivity contribution is 0.263. The smallest absolute Gasteiger partial charge is 0.241 e. The van der Waals surface area contributed by atoms with Crippen molar-refractivity contribution in [3.8, 4) is 11.4 Å². The molecule has 100 valence electrons. The van der Waals surface area contributed by atoms with Crippen molar-refractivity contribution in [3.05, 3.63) is 36.2 Å². The molecule has 1 unspecified atom stereocenters. The Bertz CT molecular complexity index is 525. The number of likely N-dealkylation sites (tertiary alicyclic amines) is 1. The predicted octanol–water partition coefficient (Wildman–Crippen LogP) is 1.53. The van der Waals surface area contributed by atoms with E-state index < -0.39 is 0 Å². The minimum absolute atomic E-state index is 0.580. The summed E-state index contributed by atoms with van der Waals surface area (Å²) in [5.41, 5.74) is 0.993. The van der Waals surface area contributed by atoms with Crippen molar-refractivity contribution in [1.82, 2.24) is 20.4 Å². The third kappa shape index (κ3) is 2.83. The number of nitrogens with zero attached hydrogens (tertiary/aromatic N) is 3. The van der Waals surface area contributed by atoms with E-state index in [0.717, 1.165) is 25.2 Å². The van der Waals surface area contributed by atoms with Crippen LogP contribution in [-0.2, 0) is 6.54 Å². The van der Waals surface area contributed by atoms with E-state index in [1.165, 1.54) is 6.42 Å². The number of aromatic nitrogens is 2. The SMILES string of the molecule is CNC1CCN(Cc2nc(-c3ccccc3)no2)C1. The van der Waals surface area contributed by atoms with Crippen molar-refractivity contribution < 1.29 is 4.52 Å². The average molecular weight is 258 g/mol. The second-order valence-corrected chi connectivity index (χ2v) is 4.89. The molecule has 5 nitrogen and oxygen atoms in total. The zero-order valence-corrected chi connectivity index (χ0v) is 11.0. The van der Waals surface area contributed by atoms with Gasteiger partial charge in [-0.25, -0.2) is 0 Å². The number of rotatable bonds is 4. The molecule has 1 aromatic carbocycles. The molecule has 0 radical (unpaired) electrons. The first kappa shape index (κ1) is 12.3. The summed E-state index contributed by atoms with van der Waals surface area (Å²) in [5.74, 6) is 1.36. The summed E-state index contributed by atoms with van der Waals surface area (Å²) in [7, 11) is 2.01. The molecule has 3 rings (SSSR count). The van der Waals surface area contributed by atoms with Crippen LogP contribution < -0.4 is 5.32 Å². The van der Waals surface area contributed by atoms with Crippen LogP contribution in [0.25, 0.3) is 11.4 Å². The Morgan fingerprint density at radius 1 is 1.37 bits per heavy atom. The van der Waals surface area contributed by atoms with Gasteiger partial charge >= 0.3 is 0 Å². The number of hydrogen-bond acceptors (Lipinski definition) is 5. The van der Waals surface area contributed by atoms with Gasteiger partial charge in [0.25, 0.3) is 0 Å². The van der Waals surface area contributed by atoms with Gasteiger partial charge in [0.2, 0.25) is 11.7 Å². The van der Waals surface area contributed by atoms with Gasteiger partial charge in [0.05, 0.1) is 6.54 Å². The van der Waals surface area contributed by atoms with Gasteiger partial charge in [0, 0.05) is 24.7 Å². The van der Waals surface area contributed by atoms with E-state index >= 15 is 0 Å². The molecule has 1 aromatic heterocycles. The molecule has 1 saturated heterocycles. The molecule has 0 saturated carbocycles. The second-order valence-electron chi connectivity index (χ2n) is 4.89. The highest BCUT2D eigenvalue weighted by Gasteiger charge is 2.22. The van der Waals surface area contributed by atoms with Crippen molar-refractivity contribution in [1.29, 1.82) is 0 Å². The molecule has 0 spiro atoms. The van der Waals surface area contributed by atoms with Crippen LogP contribution in [0.1, 0.15) is 12.3 Å². The van der Waals surface area contributed by atoms with Gasteiger partial charge in [-0.05, 0) is 13.5 Å².